The van der Waals surface area contributed by atoms with Crippen molar-refractivity contribution in [1.82, 2.24) is 9.97 Å². The van der Waals surface area contributed by atoms with Crippen LogP contribution in [-0.2, 0) is 6.42 Å². The van der Waals surface area contributed by atoms with Crippen LogP contribution in [0, 0.1) is 0 Å². The molecule has 5 heteroatoms. The Kier molecular flexibility index (Phi) is 7.98. The number of halogens is 2. The molecule has 0 aliphatic carbocycles. The van der Waals surface area contributed by atoms with Crippen LogP contribution in [0.1, 0.15) is 28.4 Å². The molecular formula is C24H23BCl2N2. The summed E-state index contributed by atoms with van der Waals surface area (Å²) in [6.45, 7) is 0. The summed E-state index contributed by atoms with van der Waals surface area (Å²) in [4.78, 5) is 7.15. The lowest BCUT2D eigenvalue weighted by molar-refractivity contribution is 0.919. The molecule has 4 rings (SSSR count). The lowest BCUT2D eigenvalue weighted by atomic mass is 9.81. The van der Waals surface area contributed by atoms with Gasteiger partial charge >= 0.3 is 0 Å². The van der Waals surface area contributed by atoms with Gasteiger partial charge in [0, 0.05) is 34.8 Å². The normalized spacial score (nSPS) is 10.4. The van der Waals surface area contributed by atoms with E-state index < -0.39 is 0 Å². The zero-order chi connectivity index (χ0) is 20.5. The largest absolute Gasteiger partial charge is 0.348 e. The maximum atomic E-state index is 6.02. The zero-order valence-corrected chi connectivity index (χ0v) is 17.9. The number of nitrogens with one attached hydrogen (secondary N) is 1. The van der Waals surface area contributed by atoms with Crippen molar-refractivity contribution >= 4 is 31.0 Å². The van der Waals surface area contributed by atoms with Gasteiger partial charge in [-0.2, -0.15) is 0 Å². The minimum Gasteiger partial charge on any atom is -0.348 e. The number of rotatable bonds is 5. The van der Waals surface area contributed by atoms with Crippen LogP contribution < -0.4 is 0 Å². The Morgan fingerprint density at radius 3 is 1.97 bits per heavy atom. The monoisotopic (exact) mass is 420 g/mol. The predicted molar refractivity (Wildman–Crippen MR) is 126 cm³/mol. The fourth-order valence-electron chi connectivity index (χ4n) is 3.27. The summed E-state index contributed by atoms with van der Waals surface area (Å²) < 4.78 is 0. The van der Waals surface area contributed by atoms with Gasteiger partial charge in [0.1, 0.15) is 13.7 Å². The van der Waals surface area contributed by atoms with E-state index in [4.69, 9.17) is 23.2 Å². The van der Waals surface area contributed by atoms with E-state index in [1.165, 1.54) is 11.1 Å². The minimum atomic E-state index is 0.535. The molecular weight excluding hydrogens is 398 g/mol. The lowest BCUT2D eigenvalue weighted by Crippen LogP contribution is -1.99. The van der Waals surface area contributed by atoms with Crippen LogP contribution in [0.2, 0.25) is 16.4 Å². The Hall–Kier alpha value is -2.49. The van der Waals surface area contributed by atoms with Gasteiger partial charge in [-0.1, -0.05) is 96.3 Å². The highest BCUT2D eigenvalue weighted by Crippen LogP contribution is 2.26. The molecule has 0 unspecified atom stereocenters. The van der Waals surface area contributed by atoms with E-state index in [0.717, 1.165) is 17.7 Å². The maximum Gasteiger partial charge on any atom is 0.110 e. The molecule has 2 nitrogen and oxygen atoms in total. The predicted octanol–water partition coefficient (Wildman–Crippen LogP) is 6.18. The Labute approximate surface area is 183 Å². The standard InChI is InChI=1S/C14H15B.C10H8Cl2N2/c15-11-14(12-7-3-1-4-8-12)13-9-5-2-6-10-13;11-8-2-1-7(9(12)6-8)5-10-13-3-4-14-10/h1-10,14H,11,15H2;1-4,6H,5H2,(H,13,14). The minimum absolute atomic E-state index is 0.535. The van der Waals surface area contributed by atoms with Gasteiger partial charge in [-0.3, -0.25) is 0 Å². The average molecular weight is 421 g/mol. The van der Waals surface area contributed by atoms with Gasteiger partial charge in [-0.25, -0.2) is 4.98 Å². The Balaban J connectivity index is 0.000000166. The molecule has 4 aromatic rings. The maximum absolute atomic E-state index is 6.02. The van der Waals surface area contributed by atoms with Crippen molar-refractivity contribution in [2.45, 2.75) is 18.7 Å². The van der Waals surface area contributed by atoms with Crippen molar-refractivity contribution in [3.05, 3.63) is 124 Å². The Bertz CT molecular complexity index is 951. The molecule has 1 aromatic heterocycles. The van der Waals surface area contributed by atoms with Crippen molar-refractivity contribution in [3.8, 4) is 0 Å². The van der Waals surface area contributed by atoms with Crippen molar-refractivity contribution in [1.29, 1.82) is 0 Å². The number of hydrogen-bond donors (Lipinski definition) is 1. The molecule has 0 atom stereocenters. The highest BCUT2D eigenvalue weighted by molar-refractivity contribution is 6.35. The van der Waals surface area contributed by atoms with Crippen molar-refractivity contribution in [3.63, 3.8) is 0 Å². The second-order valence-electron chi connectivity index (χ2n) is 6.73. The molecule has 0 fully saturated rings. The van der Waals surface area contributed by atoms with E-state index in [1.807, 2.05) is 12.1 Å². The van der Waals surface area contributed by atoms with E-state index >= 15 is 0 Å². The van der Waals surface area contributed by atoms with E-state index in [9.17, 15) is 0 Å². The molecule has 29 heavy (non-hydrogen) atoms. The third-order valence-electron chi connectivity index (χ3n) is 4.74. The van der Waals surface area contributed by atoms with Gasteiger partial charge in [0.05, 0.1) is 0 Å². The summed E-state index contributed by atoms with van der Waals surface area (Å²) in [6.07, 6.45) is 5.36. The lowest BCUT2D eigenvalue weighted by Gasteiger charge is -2.15. The summed E-state index contributed by atoms with van der Waals surface area (Å²) in [5.41, 5.74) is 3.84. The number of aromatic amines is 1. The highest BCUT2D eigenvalue weighted by atomic mass is 35.5. The molecule has 0 aliphatic heterocycles. The average Bonchev–Trinajstić information content (AvgIpc) is 3.26. The fraction of sp³-hybridized carbons (Fsp3) is 0.125. The Morgan fingerprint density at radius 1 is 0.862 bits per heavy atom. The van der Waals surface area contributed by atoms with Crippen molar-refractivity contribution in [2.24, 2.45) is 0 Å². The van der Waals surface area contributed by atoms with E-state index in [-0.39, 0.29) is 0 Å². The summed E-state index contributed by atoms with van der Waals surface area (Å²) in [5, 5.41) is 1.33. The molecule has 1 N–H and O–H groups in total. The number of aromatic nitrogens is 2. The number of hydrogen-bond acceptors (Lipinski definition) is 1. The van der Waals surface area contributed by atoms with Gasteiger partial charge < -0.3 is 4.98 Å². The van der Waals surface area contributed by atoms with Crippen molar-refractivity contribution in [2.75, 3.05) is 0 Å². The van der Waals surface area contributed by atoms with Crippen LogP contribution in [0.15, 0.2) is 91.3 Å². The van der Waals surface area contributed by atoms with E-state index in [2.05, 4.69) is 78.5 Å². The quantitative estimate of drug-likeness (QED) is 0.384. The van der Waals surface area contributed by atoms with E-state index in [1.54, 1.807) is 18.5 Å². The van der Waals surface area contributed by atoms with Crippen LogP contribution in [0.25, 0.3) is 0 Å². The molecule has 0 aliphatic rings. The van der Waals surface area contributed by atoms with Gasteiger partial charge in [-0.05, 0) is 28.8 Å². The first-order valence-corrected chi connectivity index (χ1v) is 10.4. The third-order valence-corrected chi connectivity index (χ3v) is 5.33. The first-order chi connectivity index (χ1) is 14.2. The van der Waals surface area contributed by atoms with Gasteiger partial charge in [0.25, 0.3) is 0 Å². The molecule has 146 valence electrons. The first-order valence-electron chi connectivity index (χ1n) is 9.69. The number of nitrogens with zero attached hydrogens (tertiary/aromatic N) is 1. The molecule has 1 heterocycles. The van der Waals surface area contributed by atoms with Gasteiger partial charge in [-0.15, -0.1) is 0 Å². The first kappa shape index (κ1) is 21.2. The number of H-pyrrole nitrogens is 1. The fourth-order valence-corrected chi connectivity index (χ4v) is 3.75. The summed E-state index contributed by atoms with van der Waals surface area (Å²) in [6, 6.07) is 26.9. The summed E-state index contributed by atoms with van der Waals surface area (Å²) in [7, 11) is 2.24. The Morgan fingerprint density at radius 2 is 1.48 bits per heavy atom. The molecule has 0 saturated heterocycles. The second kappa shape index (κ2) is 10.9. The smallest absolute Gasteiger partial charge is 0.110 e. The highest BCUT2D eigenvalue weighted by Gasteiger charge is 2.10. The molecule has 0 spiro atoms. The summed E-state index contributed by atoms with van der Waals surface area (Å²) >= 11 is 11.8. The molecule has 0 amide bonds. The van der Waals surface area contributed by atoms with Crippen LogP contribution >= 0.6 is 23.2 Å². The zero-order valence-electron chi connectivity index (χ0n) is 16.4. The van der Waals surface area contributed by atoms with Gasteiger partial charge in [0.2, 0.25) is 0 Å². The van der Waals surface area contributed by atoms with E-state index in [0.29, 0.717) is 22.4 Å². The number of benzene rings is 3. The molecule has 0 bridgehead atoms. The van der Waals surface area contributed by atoms with Gasteiger partial charge in [0.15, 0.2) is 0 Å². The van der Waals surface area contributed by atoms with Crippen LogP contribution in [0.5, 0.6) is 0 Å². The van der Waals surface area contributed by atoms with Crippen LogP contribution in [0.3, 0.4) is 0 Å². The second-order valence-corrected chi connectivity index (χ2v) is 7.57. The topological polar surface area (TPSA) is 28.7 Å². The van der Waals surface area contributed by atoms with Crippen LogP contribution in [0.4, 0.5) is 0 Å². The molecule has 0 radical (unpaired) electrons. The summed E-state index contributed by atoms with van der Waals surface area (Å²) in [5.74, 6) is 1.43. The number of imidazole rings is 1. The SMILES string of the molecule is BCC(c1ccccc1)c1ccccc1.Clc1ccc(Cc2ncc[nH]2)c(Cl)c1. The molecule has 0 saturated carbocycles. The third kappa shape index (κ3) is 6.25. The molecule has 3 aromatic carbocycles. The van der Waals surface area contributed by atoms with Crippen LogP contribution in [-0.4, -0.2) is 17.8 Å². The van der Waals surface area contributed by atoms with Crippen molar-refractivity contribution < 1.29 is 0 Å².